The van der Waals surface area contributed by atoms with Crippen molar-refractivity contribution in [2.24, 2.45) is 0 Å². The third kappa shape index (κ3) is 3.00. The molecule has 1 aliphatic rings. The number of aromatic nitrogens is 1. The van der Waals surface area contributed by atoms with E-state index in [1.807, 2.05) is 13.8 Å². The smallest absolute Gasteiger partial charge is 0.244 e. The van der Waals surface area contributed by atoms with Crippen LogP contribution in [0.5, 0.6) is 0 Å². The Morgan fingerprint density at radius 1 is 1.53 bits per heavy atom. The molecule has 106 valence electrons. The van der Waals surface area contributed by atoms with Crippen LogP contribution < -0.4 is 5.73 Å². The quantitative estimate of drug-likeness (QED) is 0.885. The van der Waals surface area contributed by atoms with Crippen molar-refractivity contribution in [3.63, 3.8) is 0 Å². The standard InChI is InChI=1S/C11H16ClN3O3S/c1-11(2)7-15(3-4-18-11)19(16,17)8-5-9(12)10(13)14-6-8/h5-6H,3-4,7H2,1-2H3,(H2,13,14). The number of halogens is 1. The van der Waals surface area contributed by atoms with Crippen molar-refractivity contribution in [2.75, 3.05) is 25.4 Å². The molecule has 1 aromatic heterocycles. The number of nitrogens with two attached hydrogens (primary N) is 1. The molecular formula is C11H16ClN3O3S. The van der Waals surface area contributed by atoms with E-state index in [9.17, 15) is 8.42 Å². The highest BCUT2D eigenvalue weighted by atomic mass is 35.5. The first-order valence-electron chi connectivity index (χ1n) is 5.77. The fourth-order valence-corrected chi connectivity index (χ4v) is 3.68. The molecule has 19 heavy (non-hydrogen) atoms. The van der Waals surface area contributed by atoms with Crippen LogP contribution in [0.15, 0.2) is 17.2 Å². The largest absolute Gasteiger partial charge is 0.382 e. The highest BCUT2D eigenvalue weighted by molar-refractivity contribution is 7.89. The van der Waals surface area contributed by atoms with E-state index < -0.39 is 15.6 Å². The van der Waals surface area contributed by atoms with Gasteiger partial charge in [0.25, 0.3) is 0 Å². The summed E-state index contributed by atoms with van der Waals surface area (Å²) in [5.74, 6) is 0.114. The number of nitrogen functional groups attached to an aromatic ring is 1. The number of rotatable bonds is 2. The van der Waals surface area contributed by atoms with E-state index in [1.54, 1.807) is 0 Å². The summed E-state index contributed by atoms with van der Waals surface area (Å²) >= 11 is 5.82. The van der Waals surface area contributed by atoms with Crippen LogP contribution in [0.25, 0.3) is 0 Å². The topological polar surface area (TPSA) is 85.5 Å². The average Bonchev–Trinajstić information content (AvgIpc) is 2.31. The molecule has 2 N–H and O–H groups in total. The molecule has 1 aromatic rings. The summed E-state index contributed by atoms with van der Waals surface area (Å²) in [5.41, 5.74) is 4.98. The fourth-order valence-electron chi connectivity index (χ4n) is 1.90. The number of morpholine rings is 1. The summed E-state index contributed by atoms with van der Waals surface area (Å²) in [4.78, 5) is 3.83. The van der Waals surface area contributed by atoms with Gasteiger partial charge in [0.15, 0.2) is 0 Å². The predicted octanol–water partition coefficient (Wildman–Crippen LogP) is 1.12. The van der Waals surface area contributed by atoms with Crippen molar-refractivity contribution in [3.8, 4) is 0 Å². The van der Waals surface area contributed by atoms with Gasteiger partial charge >= 0.3 is 0 Å². The third-order valence-corrected chi connectivity index (χ3v) is 4.99. The number of nitrogens with zero attached hydrogens (tertiary/aromatic N) is 2. The van der Waals surface area contributed by atoms with Gasteiger partial charge in [-0.05, 0) is 19.9 Å². The Balaban J connectivity index is 2.34. The molecule has 0 unspecified atom stereocenters. The summed E-state index contributed by atoms with van der Waals surface area (Å²) in [5, 5.41) is 0.133. The number of hydrogen-bond donors (Lipinski definition) is 1. The lowest BCUT2D eigenvalue weighted by Gasteiger charge is -2.37. The zero-order valence-electron chi connectivity index (χ0n) is 10.8. The van der Waals surface area contributed by atoms with Crippen LogP contribution in [-0.2, 0) is 14.8 Å². The minimum absolute atomic E-state index is 0.0457. The Morgan fingerprint density at radius 2 is 2.21 bits per heavy atom. The minimum atomic E-state index is -3.62. The minimum Gasteiger partial charge on any atom is -0.382 e. The van der Waals surface area contributed by atoms with Gasteiger partial charge in [-0.25, -0.2) is 13.4 Å². The van der Waals surface area contributed by atoms with Crippen molar-refractivity contribution < 1.29 is 13.2 Å². The first-order valence-corrected chi connectivity index (χ1v) is 7.59. The molecule has 1 fully saturated rings. The molecule has 0 atom stereocenters. The molecule has 0 bridgehead atoms. The van der Waals surface area contributed by atoms with Gasteiger partial charge in [0, 0.05) is 19.3 Å². The lowest BCUT2D eigenvalue weighted by Crippen LogP contribution is -2.50. The van der Waals surface area contributed by atoms with Gasteiger partial charge in [0.1, 0.15) is 10.7 Å². The van der Waals surface area contributed by atoms with Crippen molar-refractivity contribution in [1.82, 2.24) is 9.29 Å². The van der Waals surface area contributed by atoms with Crippen LogP contribution in [0.1, 0.15) is 13.8 Å². The van der Waals surface area contributed by atoms with E-state index in [0.717, 1.165) is 0 Å². The number of anilines is 1. The van der Waals surface area contributed by atoms with Crippen molar-refractivity contribution in [1.29, 1.82) is 0 Å². The van der Waals surface area contributed by atoms with Crippen LogP contribution in [0.3, 0.4) is 0 Å². The van der Waals surface area contributed by atoms with Crippen molar-refractivity contribution in [3.05, 3.63) is 17.3 Å². The number of pyridine rings is 1. The first-order chi connectivity index (χ1) is 8.72. The Bertz CT molecular complexity index is 589. The van der Waals surface area contributed by atoms with Crippen molar-refractivity contribution >= 4 is 27.4 Å². The summed E-state index contributed by atoms with van der Waals surface area (Å²) in [6.07, 6.45) is 1.22. The number of ether oxygens (including phenoxy) is 1. The fraction of sp³-hybridized carbons (Fsp3) is 0.545. The average molecular weight is 306 g/mol. The highest BCUT2D eigenvalue weighted by Gasteiger charge is 2.35. The molecule has 2 heterocycles. The van der Waals surface area contributed by atoms with Gasteiger partial charge in [-0.2, -0.15) is 4.31 Å². The Morgan fingerprint density at radius 3 is 2.79 bits per heavy atom. The van der Waals surface area contributed by atoms with Gasteiger partial charge in [0.2, 0.25) is 10.0 Å². The molecule has 2 rings (SSSR count). The second-order valence-electron chi connectivity index (χ2n) is 4.98. The van der Waals surface area contributed by atoms with Gasteiger partial charge < -0.3 is 10.5 Å². The predicted molar refractivity (Wildman–Crippen MR) is 72.4 cm³/mol. The molecule has 0 saturated carbocycles. The van der Waals surface area contributed by atoms with E-state index in [4.69, 9.17) is 22.1 Å². The van der Waals surface area contributed by atoms with E-state index in [1.165, 1.54) is 16.6 Å². The summed E-state index contributed by atoms with van der Waals surface area (Å²) in [6.45, 7) is 4.67. The van der Waals surface area contributed by atoms with E-state index in [2.05, 4.69) is 4.98 Å². The van der Waals surface area contributed by atoms with E-state index in [0.29, 0.717) is 13.2 Å². The molecule has 0 aromatic carbocycles. The molecule has 1 saturated heterocycles. The molecule has 1 aliphatic heterocycles. The molecule has 0 radical (unpaired) electrons. The molecule has 0 spiro atoms. The zero-order chi connectivity index (χ0) is 14.3. The van der Waals surface area contributed by atoms with Gasteiger partial charge in [-0.15, -0.1) is 0 Å². The van der Waals surface area contributed by atoms with Crippen LogP contribution >= 0.6 is 11.6 Å². The highest BCUT2D eigenvalue weighted by Crippen LogP contribution is 2.26. The second kappa shape index (κ2) is 4.90. The lowest BCUT2D eigenvalue weighted by atomic mass is 10.1. The maximum Gasteiger partial charge on any atom is 0.244 e. The second-order valence-corrected chi connectivity index (χ2v) is 7.33. The van der Waals surface area contributed by atoms with E-state index >= 15 is 0 Å². The lowest BCUT2D eigenvalue weighted by molar-refractivity contribution is -0.0640. The van der Waals surface area contributed by atoms with Gasteiger partial charge in [-0.1, -0.05) is 11.6 Å². The van der Waals surface area contributed by atoms with Crippen LogP contribution in [0, 0.1) is 0 Å². The summed E-state index contributed by atoms with van der Waals surface area (Å²) in [7, 11) is -3.62. The Hall–Kier alpha value is -0.890. The molecule has 6 nitrogen and oxygen atoms in total. The molecule has 0 aliphatic carbocycles. The SMILES string of the molecule is CC1(C)CN(S(=O)(=O)c2cnc(N)c(Cl)c2)CCO1. The molecular weight excluding hydrogens is 290 g/mol. The van der Waals surface area contributed by atoms with Gasteiger partial charge in [0.05, 0.1) is 17.2 Å². The normalized spacial score (nSPS) is 20.4. The summed E-state index contributed by atoms with van der Waals surface area (Å²) < 4.78 is 31.8. The Labute approximate surface area is 117 Å². The molecule has 8 heteroatoms. The van der Waals surface area contributed by atoms with E-state index in [-0.39, 0.29) is 22.3 Å². The number of hydrogen-bond acceptors (Lipinski definition) is 5. The third-order valence-electron chi connectivity index (χ3n) is 2.87. The van der Waals surface area contributed by atoms with Gasteiger partial charge in [-0.3, -0.25) is 0 Å². The summed E-state index contributed by atoms with van der Waals surface area (Å²) in [6, 6.07) is 1.32. The van der Waals surface area contributed by atoms with Crippen molar-refractivity contribution in [2.45, 2.75) is 24.3 Å². The maximum atomic E-state index is 12.5. The molecule has 0 amide bonds. The monoisotopic (exact) mass is 305 g/mol. The van der Waals surface area contributed by atoms with Crippen LogP contribution in [0.2, 0.25) is 5.02 Å². The van der Waals surface area contributed by atoms with Crippen LogP contribution in [-0.4, -0.2) is 43.0 Å². The maximum absolute atomic E-state index is 12.5. The Kier molecular flexibility index (Phi) is 3.74. The van der Waals surface area contributed by atoms with Crippen LogP contribution in [0.4, 0.5) is 5.82 Å². The first kappa shape index (κ1) is 14.5. The number of sulfonamides is 1. The zero-order valence-corrected chi connectivity index (χ0v) is 12.3.